The lowest BCUT2D eigenvalue weighted by Gasteiger charge is -2.29. The summed E-state index contributed by atoms with van der Waals surface area (Å²) in [5, 5.41) is 22.8. The quantitative estimate of drug-likeness (QED) is 0.671. The Morgan fingerprint density at radius 1 is 1.13 bits per heavy atom. The Labute approximate surface area is 179 Å². The molecule has 1 atom stereocenters. The minimum Gasteiger partial charge on any atom is -0.508 e. The average molecular weight is 424 g/mol. The van der Waals surface area contributed by atoms with Crippen molar-refractivity contribution in [2.75, 3.05) is 13.1 Å². The number of hydrogen-bond donors (Lipinski definition) is 1. The monoisotopic (exact) mass is 423 g/mol. The van der Waals surface area contributed by atoms with E-state index in [4.69, 9.17) is 11.6 Å². The molecule has 0 radical (unpaired) electrons. The van der Waals surface area contributed by atoms with Crippen LogP contribution in [-0.2, 0) is 4.79 Å². The first-order valence-electron chi connectivity index (χ1n) is 9.88. The second-order valence-electron chi connectivity index (χ2n) is 7.17. The van der Waals surface area contributed by atoms with E-state index in [1.807, 2.05) is 36.1 Å². The van der Waals surface area contributed by atoms with Gasteiger partial charge >= 0.3 is 0 Å². The Balaban J connectivity index is 1.47. The maximum atomic E-state index is 13.1. The summed E-state index contributed by atoms with van der Waals surface area (Å²) >= 11 is 5.93. The van der Waals surface area contributed by atoms with Crippen LogP contribution in [0.15, 0.2) is 54.6 Å². The molecule has 1 amide bonds. The number of amides is 1. The fourth-order valence-electron chi connectivity index (χ4n) is 3.53. The first-order chi connectivity index (χ1) is 14.5. The third kappa shape index (κ3) is 4.21. The number of phenols is 1. The van der Waals surface area contributed by atoms with Crippen molar-refractivity contribution < 1.29 is 9.90 Å². The van der Waals surface area contributed by atoms with Gasteiger partial charge in [0, 0.05) is 23.7 Å². The smallest absolute Gasteiger partial charge is 0.249 e. The van der Waals surface area contributed by atoms with Gasteiger partial charge in [-0.2, -0.15) is 4.80 Å². The van der Waals surface area contributed by atoms with Crippen molar-refractivity contribution >= 4 is 23.1 Å². The predicted octanol–water partition coefficient (Wildman–Crippen LogP) is 3.97. The van der Waals surface area contributed by atoms with E-state index in [0.717, 1.165) is 17.5 Å². The number of halogens is 1. The summed E-state index contributed by atoms with van der Waals surface area (Å²) in [6, 6.07) is 13.8. The molecule has 8 heteroatoms. The molecule has 0 aliphatic carbocycles. The molecule has 0 saturated heterocycles. The van der Waals surface area contributed by atoms with Gasteiger partial charge in [0.2, 0.25) is 11.7 Å². The average Bonchev–Trinajstić information content (AvgIpc) is 3.25. The van der Waals surface area contributed by atoms with E-state index in [9.17, 15) is 9.90 Å². The standard InChI is InChI=1S/C22H22ClN5O2/c1-2-20(28-25-21(24-26-28)17-3-7-18(23)8-4-17)22(30)27-13-11-16(12-14-27)15-5-9-19(29)10-6-15/h3-11,20,29H,2,12-14H2,1H3. The van der Waals surface area contributed by atoms with Crippen molar-refractivity contribution in [3.8, 4) is 17.1 Å². The summed E-state index contributed by atoms with van der Waals surface area (Å²) < 4.78 is 0. The highest BCUT2D eigenvalue weighted by atomic mass is 35.5. The lowest BCUT2D eigenvalue weighted by atomic mass is 9.99. The van der Waals surface area contributed by atoms with E-state index in [-0.39, 0.29) is 11.7 Å². The molecule has 1 N–H and O–H groups in total. The first-order valence-corrected chi connectivity index (χ1v) is 10.3. The molecule has 4 rings (SSSR count). The SMILES string of the molecule is CCC(C(=O)N1CC=C(c2ccc(O)cc2)CC1)n1nnc(-c2ccc(Cl)cc2)n1. The van der Waals surface area contributed by atoms with Crippen molar-refractivity contribution in [1.82, 2.24) is 25.1 Å². The number of tetrazole rings is 1. The van der Waals surface area contributed by atoms with E-state index < -0.39 is 6.04 Å². The number of benzene rings is 2. The van der Waals surface area contributed by atoms with Crippen LogP contribution in [0, 0.1) is 0 Å². The van der Waals surface area contributed by atoms with Crippen molar-refractivity contribution in [2.24, 2.45) is 0 Å². The first kappa shape index (κ1) is 20.1. The summed E-state index contributed by atoms with van der Waals surface area (Å²) in [6.07, 6.45) is 3.39. The summed E-state index contributed by atoms with van der Waals surface area (Å²) in [7, 11) is 0. The van der Waals surface area contributed by atoms with Gasteiger partial charge in [-0.1, -0.05) is 36.7 Å². The second-order valence-corrected chi connectivity index (χ2v) is 7.61. The normalized spacial score (nSPS) is 15.0. The van der Waals surface area contributed by atoms with Gasteiger partial charge in [-0.05, 0) is 65.6 Å². The second kappa shape index (κ2) is 8.67. The number of aromatic nitrogens is 4. The molecule has 1 unspecified atom stereocenters. The van der Waals surface area contributed by atoms with Crippen molar-refractivity contribution in [2.45, 2.75) is 25.8 Å². The van der Waals surface area contributed by atoms with Gasteiger partial charge in [0.25, 0.3) is 0 Å². The zero-order chi connectivity index (χ0) is 21.1. The molecule has 2 aromatic carbocycles. The number of carbonyl (C=O) groups is 1. The molecule has 0 spiro atoms. The molecule has 0 fully saturated rings. The number of carbonyl (C=O) groups excluding carboxylic acids is 1. The van der Waals surface area contributed by atoms with Gasteiger partial charge in [-0.25, -0.2) is 0 Å². The van der Waals surface area contributed by atoms with Crippen LogP contribution in [-0.4, -0.2) is 49.2 Å². The summed E-state index contributed by atoms with van der Waals surface area (Å²) in [4.78, 5) is 16.4. The minimum absolute atomic E-state index is 0.0152. The number of phenolic OH excluding ortho intramolecular Hbond substituents is 1. The van der Waals surface area contributed by atoms with Crippen LogP contribution < -0.4 is 0 Å². The Morgan fingerprint density at radius 3 is 2.47 bits per heavy atom. The Morgan fingerprint density at radius 2 is 1.83 bits per heavy atom. The largest absolute Gasteiger partial charge is 0.508 e. The Hall–Kier alpha value is -3.19. The van der Waals surface area contributed by atoms with E-state index in [0.29, 0.717) is 30.4 Å². The van der Waals surface area contributed by atoms with Crippen LogP contribution in [0.5, 0.6) is 5.75 Å². The fraction of sp³-hybridized carbons (Fsp3) is 0.273. The lowest BCUT2D eigenvalue weighted by molar-refractivity contribution is -0.135. The molecule has 1 aliphatic heterocycles. The van der Waals surface area contributed by atoms with Crippen LogP contribution in [0.2, 0.25) is 5.02 Å². The van der Waals surface area contributed by atoms with Crippen molar-refractivity contribution in [1.29, 1.82) is 0 Å². The zero-order valence-corrected chi connectivity index (χ0v) is 17.3. The molecule has 154 valence electrons. The van der Waals surface area contributed by atoms with E-state index in [2.05, 4.69) is 21.5 Å². The number of nitrogens with zero attached hydrogens (tertiary/aromatic N) is 5. The van der Waals surface area contributed by atoms with Crippen molar-refractivity contribution in [3.05, 3.63) is 65.2 Å². The van der Waals surface area contributed by atoms with Gasteiger partial charge in [0.1, 0.15) is 5.75 Å². The van der Waals surface area contributed by atoms with Crippen LogP contribution in [0.4, 0.5) is 0 Å². The highest BCUT2D eigenvalue weighted by Gasteiger charge is 2.28. The fourth-order valence-corrected chi connectivity index (χ4v) is 3.65. The molecular weight excluding hydrogens is 402 g/mol. The summed E-state index contributed by atoms with van der Waals surface area (Å²) in [5.74, 6) is 0.695. The minimum atomic E-state index is -0.498. The molecule has 1 aliphatic rings. The Kier molecular flexibility index (Phi) is 5.81. The van der Waals surface area contributed by atoms with Crippen LogP contribution in [0.25, 0.3) is 17.0 Å². The highest BCUT2D eigenvalue weighted by molar-refractivity contribution is 6.30. The van der Waals surface area contributed by atoms with Crippen LogP contribution >= 0.6 is 11.6 Å². The molecule has 7 nitrogen and oxygen atoms in total. The van der Waals surface area contributed by atoms with E-state index in [1.54, 1.807) is 24.3 Å². The molecule has 1 aromatic heterocycles. The number of rotatable bonds is 5. The molecule has 0 bridgehead atoms. The predicted molar refractivity (Wildman–Crippen MR) is 115 cm³/mol. The summed E-state index contributed by atoms with van der Waals surface area (Å²) in [6.45, 7) is 3.10. The topological polar surface area (TPSA) is 84.1 Å². The van der Waals surface area contributed by atoms with Crippen LogP contribution in [0.3, 0.4) is 0 Å². The molecule has 2 heterocycles. The maximum Gasteiger partial charge on any atom is 0.249 e. The van der Waals surface area contributed by atoms with Gasteiger partial charge in [0.05, 0.1) is 0 Å². The number of hydrogen-bond acceptors (Lipinski definition) is 5. The maximum absolute atomic E-state index is 13.1. The molecule has 0 saturated carbocycles. The van der Waals surface area contributed by atoms with Crippen LogP contribution in [0.1, 0.15) is 31.4 Å². The van der Waals surface area contributed by atoms with Crippen molar-refractivity contribution in [3.63, 3.8) is 0 Å². The molecule has 30 heavy (non-hydrogen) atoms. The summed E-state index contributed by atoms with van der Waals surface area (Å²) in [5.41, 5.74) is 3.04. The van der Waals surface area contributed by atoms with E-state index in [1.165, 1.54) is 10.4 Å². The van der Waals surface area contributed by atoms with Gasteiger partial charge in [-0.3, -0.25) is 4.79 Å². The third-order valence-electron chi connectivity index (χ3n) is 5.24. The highest BCUT2D eigenvalue weighted by Crippen LogP contribution is 2.26. The number of aromatic hydroxyl groups is 1. The van der Waals surface area contributed by atoms with E-state index >= 15 is 0 Å². The van der Waals surface area contributed by atoms with Gasteiger partial charge < -0.3 is 10.0 Å². The lowest BCUT2D eigenvalue weighted by Crippen LogP contribution is -2.40. The molecule has 3 aromatic rings. The zero-order valence-electron chi connectivity index (χ0n) is 16.6. The Bertz CT molecular complexity index is 1060. The van der Waals surface area contributed by atoms with Gasteiger partial charge in [0.15, 0.2) is 6.04 Å². The molecular formula is C22H22ClN5O2. The van der Waals surface area contributed by atoms with Gasteiger partial charge in [-0.15, -0.1) is 10.2 Å². The third-order valence-corrected chi connectivity index (χ3v) is 5.49.